The van der Waals surface area contributed by atoms with Crippen molar-refractivity contribution in [1.82, 2.24) is 0 Å². The molecular formula is C29H42O4. The maximum atomic E-state index is 13.4. The summed E-state index contributed by atoms with van der Waals surface area (Å²) in [6, 6.07) is 0. The van der Waals surface area contributed by atoms with E-state index in [1.165, 1.54) is 0 Å². The number of carbonyl (C=O) groups is 2. The predicted octanol–water partition coefficient (Wildman–Crippen LogP) is 6.57. The van der Waals surface area contributed by atoms with Crippen LogP contribution in [0.3, 0.4) is 0 Å². The predicted molar refractivity (Wildman–Crippen MR) is 128 cm³/mol. The van der Waals surface area contributed by atoms with Crippen LogP contribution in [0.4, 0.5) is 0 Å². The molecule has 0 aromatic heterocycles. The third-order valence-corrected chi connectivity index (χ3v) is 12.2. The number of allylic oxidation sites excluding steroid dienone is 3. The van der Waals surface area contributed by atoms with E-state index in [1.54, 1.807) is 0 Å². The molecule has 4 nitrogen and oxygen atoms in total. The van der Waals surface area contributed by atoms with Crippen molar-refractivity contribution in [2.45, 2.75) is 86.0 Å². The Hall–Kier alpha value is -1.58. The van der Waals surface area contributed by atoms with E-state index in [9.17, 15) is 19.8 Å². The van der Waals surface area contributed by atoms with Crippen molar-refractivity contribution in [3.05, 3.63) is 24.3 Å². The zero-order valence-corrected chi connectivity index (χ0v) is 21.1. The quantitative estimate of drug-likeness (QED) is 0.473. The van der Waals surface area contributed by atoms with E-state index in [2.05, 4.69) is 46.4 Å². The Morgan fingerprint density at radius 2 is 1.55 bits per heavy atom. The highest BCUT2D eigenvalue weighted by Crippen LogP contribution is 2.77. The Balaban J connectivity index is 1.66. The number of hydrogen-bond acceptors (Lipinski definition) is 2. The summed E-state index contributed by atoms with van der Waals surface area (Å²) in [4.78, 5) is 26.2. The zero-order valence-electron chi connectivity index (χ0n) is 21.1. The van der Waals surface area contributed by atoms with Gasteiger partial charge in [0, 0.05) is 0 Å². The van der Waals surface area contributed by atoms with E-state index < -0.39 is 22.8 Å². The molecule has 0 aromatic rings. The highest BCUT2D eigenvalue weighted by atomic mass is 16.4. The monoisotopic (exact) mass is 454 g/mol. The fourth-order valence-electron chi connectivity index (χ4n) is 10.9. The van der Waals surface area contributed by atoms with E-state index in [0.717, 1.165) is 37.7 Å². The van der Waals surface area contributed by atoms with Crippen molar-refractivity contribution in [2.75, 3.05) is 0 Å². The topological polar surface area (TPSA) is 74.6 Å². The molecule has 0 bridgehead atoms. The first-order valence-corrected chi connectivity index (χ1v) is 13.1. The van der Waals surface area contributed by atoms with Crippen LogP contribution in [0.15, 0.2) is 24.3 Å². The summed E-state index contributed by atoms with van der Waals surface area (Å²) in [6.07, 6.45) is 11.1. The van der Waals surface area contributed by atoms with Crippen LogP contribution in [0.2, 0.25) is 0 Å². The van der Waals surface area contributed by atoms with Crippen LogP contribution in [0.5, 0.6) is 0 Å². The molecule has 0 amide bonds. The van der Waals surface area contributed by atoms with Crippen molar-refractivity contribution in [1.29, 1.82) is 0 Å². The molecular weight excluding hydrogens is 412 g/mol. The van der Waals surface area contributed by atoms with Crippen LogP contribution in [-0.2, 0) is 9.59 Å². The molecule has 0 aliphatic heterocycles. The summed E-state index contributed by atoms with van der Waals surface area (Å²) in [7, 11) is 0. The molecule has 0 heterocycles. The average molecular weight is 455 g/mol. The molecule has 2 N–H and O–H groups in total. The molecule has 4 unspecified atom stereocenters. The molecule has 5 aliphatic rings. The van der Waals surface area contributed by atoms with E-state index in [1.807, 2.05) is 6.92 Å². The summed E-state index contributed by atoms with van der Waals surface area (Å²) in [5, 5.41) is 21.5. The van der Waals surface area contributed by atoms with Gasteiger partial charge >= 0.3 is 11.9 Å². The first kappa shape index (κ1) is 23.2. The van der Waals surface area contributed by atoms with E-state index in [4.69, 9.17) is 0 Å². The number of carboxylic acids is 2. The van der Waals surface area contributed by atoms with Crippen LogP contribution in [-0.4, -0.2) is 22.2 Å². The van der Waals surface area contributed by atoms with Crippen molar-refractivity contribution < 1.29 is 19.8 Å². The van der Waals surface area contributed by atoms with Gasteiger partial charge in [-0.25, -0.2) is 0 Å². The van der Waals surface area contributed by atoms with Gasteiger partial charge in [0.25, 0.3) is 0 Å². The molecule has 0 saturated heterocycles. The molecule has 5 rings (SSSR count). The number of fused-ring (bicyclic) bond motifs is 7. The third kappa shape index (κ3) is 2.54. The molecule has 182 valence electrons. The van der Waals surface area contributed by atoms with Crippen molar-refractivity contribution >= 4 is 11.9 Å². The minimum atomic E-state index is -0.855. The Morgan fingerprint density at radius 3 is 2.15 bits per heavy atom. The van der Waals surface area contributed by atoms with Gasteiger partial charge in [0.15, 0.2) is 0 Å². The van der Waals surface area contributed by atoms with Gasteiger partial charge in [-0.2, -0.15) is 0 Å². The lowest BCUT2D eigenvalue weighted by Gasteiger charge is -2.69. The van der Waals surface area contributed by atoms with Crippen LogP contribution in [0, 0.1) is 56.7 Å². The summed E-state index contributed by atoms with van der Waals surface area (Å²) in [5.41, 5.74) is -0.781. The van der Waals surface area contributed by atoms with E-state index >= 15 is 0 Å². The molecule has 0 radical (unpaired) electrons. The van der Waals surface area contributed by atoms with Crippen LogP contribution < -0.4 is 0 Å². The molecule has 4 fully saturated rings. The Bertz CT molecular complexity index is 947. The van der Waals surface area contributed by atoms with Crippen LogP contribution in [0.25, 0.3) is 0 Å². The summed E-state index contributed by atoms with van der Waals surface area (Å²) in [5.74, 6) is -0.617. The van der Waals surface area contributed by atoms with Crippen molar-refractivity contribution in [3.63, 3.8) is 0 Å². The van der Waals surface area contributed by atoms with Crippen molar-refractivity contribution in [3.8, 4) is 0 Å². The minimum Gasteiger partial charge on any atom is -0.481 e. The van der Waals surface area contributed by atoms with E-state index in [-0.39, 0.29) is 34.0 Å². The number of aliphatic carboxylic acids is 2. The minimum absolute atomic E-state index is 0.00862. The second kappa shape index (κ2) is 6.76. The molecule has 5 aliphatic carbocycles. The first-order valence-electron chi connectivity index (χ1n) is 13.1. The summed E-state index contributed by atoms with van der Waals surface area (Å²) < 4.78 is 0. The van der Waals surface area contributed by atoms with Crippen LogP contribution >= 0.6 is 0 Å². The second-order valence-electron chi connectivity index (χ2n) is 13.5. The van der Waals surface area contributed by atoms with Gasteiger partial charge in [-0.1, -0.05) is 52.0 Å². The highest BCUT2D eigenvalue weighted by molar-refractivity contribution is 5.80. The standard InChI is InChI=1S/C29H42O4/c1-17(2)18-9-12-28(23(30)31)15-16-29(24(32)33)19(22(18)28)7-8-21-26(5)14-13-25(3,4)20(26)10-11-27(21,29)6/h13-14,18-22H,1,7-12,15-16H2,2-6H3,(H,30,31)(H,32,33)/t18-,19?,20?,21?,22?,26-,27+,28-,29+/m0/s1. The lowest BCUT2D eigenvalue weighted by molar-refractivity contribution is -0.231. The Kier molecular flexibility index (Phi) is 4.75. The lowest BCUT2D eigenvalue weighted by Crippen LogP contribution is -2.68. The molecule has 9 atom stereocenters. The SMILES string of the molecule is C=C(C)[C@@H]1CC[C@]2(C(=O)O)CC[C@]3(C(=O)O)C(CCC4[C@@]5(C)C=CC(C)(C)C5CC[C@]43C)C12. The van der Waals surface area contributed by atoms with Gasteiger partial charge in [0.05, 0.1) is 10.8 Å². The lowest BCUT2D eigenvalue weighted by atomic mass is 9.33. The fourth-order valence-corrected chi connectivity index (χ4v) is 10.9. The number of rotatable bonds is 3. The third-order valence-electron chi connectivity index (χ3n) is 12.2. The highest BCUT2D eigenvalue weighted by Gasteiger charge is 2.75. The largest absolute Gasteiger partial charge is 0.481 e. The molecule has 4 heteroatoms. The summed E-state index contributed by atoms with van der Waals surface area (Å²) >= 11 is 0. The summed E-state index contributed by atoms with van der Waals surface area (Å²) in [6.45, 7) is 15.6. The number of carboxylic acid groups (broad SMARTS) is 2. The molecule has 0 spiro atoms. The molecule has 4 saturated carbocycles. The Morgan fingerprint density at radius 1 is 0.848 bits per heavy atom. The van der Waals surface area contributed by atoms with Gasteiger partial charge < -0.3 is 10.2 Å². The van der Waals surface area contributed by atoms with Gasteiger partial charge in [0.2, 0.25) is 0 Å². The average Bonchev–Trinajstić information content (AvgIpc) is 3.23. The van der Waals surface area contributed by atoms with Crippen molar-refractivity contribution in [2.24, 2.45) is 56.7 Å². The number of hydrogen-bond donors (Lipinski definition) is 2. The molecule has 33 heavy (non-hydrogen) atoms. The van der Waals surface area contributed by atoms with Gasteiger partial charge in [-0.05, 0) is 104 Å². The molecule has 0 aromatic carbocycles. The van der Waals surface area contributed by atoms with Gasteiger partial charge in [-0.3, -0.25) is 9.59 Å². The van der Waals surface area contributed by atoms with Gasteiger partial charge in [-0.15, -0.1) is 0 Å². The second-order valence-corrected chi connectivity index (χ2v) is 13.5. The maximum Gasteiger partial charge on any atom is 0.310 e. The Labute approximate surface area is 198 Å². The van der Waals surface area contributed by atoms with E-state index in [0.29, 0.717) is 31.1 Å². The fraction of sp³-hybridized carbons (Fsp3) is 0.793. The zero-order chi connectivity index (χ0) is 24.2. The van der Waals surface area contributed by atoms with Crippen LogP contribution in [0.1, 0.15) is 86.0 Å². The first-order chi connectivity index (χ1) is 15.3. The van der Waals surface area contributed by atoms with Gasteiger partial charge in [0.1, 0.15) is 0 Å². The maximum absolute atomic E-state index is 13.4. The smallest absolute Gasteiger partial charge is 0.310 e. The normalized spacial score (nSPS) is 51.7.